The Hall–Kier alpha value is -1.86. The molecule has 1 aromatic rings. The molecule has 3 rings (SSSR count). The van der Waals surface area contributed by atoms with Crippen LogP contribution >= 0.6 is 11.6 Å². The van der Waals surface area contributed by atoms with Gasteiger partial charge in [0.15, 0.2) is 0 Å². The van der Waals surface area contributed by atoms with Crippen molar-refractivity contribution >= 4 is 23.7 Å². The molecule has 1 N–H and O–H groups in total. The smallest absolute Gasteiger partial charge is 0.407 e. The van der Waals surface area contributed by atoms with Gasteiger partial charge in [0.05, 0.1) is 17.8 Å². The quantitative estimate of drug-likeness (QED) is 0.745. The van der Waals surface area contributed by atoms with Crippen LogP contribution in [0.15, 0.2) is 18.3 Å². The van der Waals surface area contributed by atoms with Gasteiger partial charge in [0, 0.05) is 37.9 Å². The largest absolute Gasteiger partial charge is 0.468 e. The Morgan fingerprint density at radius 3 is 2.66 bits per heavy atom. The fourth-order valence-corrected chi connectivity index (χ4v) is 5.25. The van der Waals surface area contributed by atoms with Crippen LogP contribution in [0.1, 0.15) is 51.1 Å². The molecule has 1 aliphatic heterocycles. The maximum absolute atomic E-state index is 12.8. The van der Waals surface area contributed by atoms with Crippen LogP contribution in [0.25, 0.3) is 0 Å². The van der Waals surface area contributed by atoms with Crippen molar-refractivity contribution in [2.75, 3.05) is 26.7 Å². The predicted octanol–water partition coefficient (Wildman–Crippen LogP) is 3.55. The SMILES string of the molecule is CCC1CN(C2CCC(C(=O)OC)(c3ncccc3Cl)CC2)CCCN1C(=O)O. The number of carboxylic acid groups (broad SMARTS) is 1. The molecular formula is C21H30ClN3O4. The molecule has 1 atom stereocenters. The van der Waals surface area contributed by atoms with E-state index in [2.05, 4.69) is 9.88 Å². The van der Waals surface area contributed by atoms with Crippen molar-refractivity contribution in [1.29, 1.82) is 0 Å². The van der Waals surface area contributed by atoms with Gasteiger partial charge in [-0.05, 0) is 50.7 Å². The third-order valence-electron chi connectivity index (χ3n) is 6.56. The number of amides is 1. The van der Waals surface area contributed by atoms with Crippen molar-refractivity contribution in [2.24, 2.45) is 0 Å². The lowest BCUT2D eigenvalue weighted by atomic mass is 9.69. The van der Waals surface area contributed by atoms with Gasteiger partial charge in [-0.15, -0.1) is 0 Å². The standard InChI is InChI=1S/C21H30ClN3O4/c1-3-15-14-24(12-5-13-25(15)20(27)28)16-7-9-21(10-8-16,19(26)29-2)18-17(22)6-4-11-23-18/h4,6,11,15-16H,3,5,7-10,12-14H2,1-2H3,(H,27,28). The zero-order valence-electron chi connectivity index (χ0n) is 17.1. The molecule has 1 saturated heterocycles. The number of esters is 1. The van der Waals surface area contributed by atoms with E-state index in [4.69, 9.17) is 16.3 Å². The number of methoxy groups -OCH3 is 1. The highest BCUT2D eigenvalue weighted by molar-refractivity contribution is 6.31. The average molecular weight is 424 g/mol. The molecule has 2 heterocycles. The van der Waals surface area contributed by atoms with Crippen LogP contribution in [-0.4, -0.2) is 70.8 Å². The first-order chi connectivity index (χ1) is 13.9. The highest BCUT2D eigenvalue weighted by Gasteiger charge is 2.47. The van der Waals surface area contributed by atoms with E-state index in [1.165, 1.54) is 7.11 Å². The van der Waals surface area contributed by atoms with Gasteiger partial charge in [-0.25, -0.2) is 4.79 Å². The second kappa shape index (κ2) is 9.30. The van der Waals surface area contributed by atoms with Gasteiger partial charge in [0.1, 0.15) is 5.41 Å². The summed E-state index contributed by atoms with van der Waals surface area (Å²) in [5, 5.41) is 10.0. The van der Waals surface area contributed by atoms with Gasteiger partial charge < -0.3 is 14.7 Å². The molecule has 2 aliphatic rings. The fourth-order valence-electron chi connectivity index (χ4n) is 4.95. The maximum Gasteiger partial charge on any atom is 0.407 e. The van der Waals surface area contributed by atoms with Crippen molar-refractivity contribution in [3.05, 3.63) is 29.0 Å². The van der Waals surface area contributed by atoms with Crippen LogP contribution in [0.5, 0.6) is 0 Å². The zero-order valence-corrected chi connectivity index (χ0v) is 17.9. The molecule has 0 spiro atoms. The second-order valence-electron chi connectivity index (χ2n) is 8.03. The molecule has 0 radical (unpaired) electrons. The van der Waals surface area contributed by atoms with Crippen molar-refractivity contribution in [1.82, 2.24) is 14.8 Å². The van der Waals surface area contributed by atoms with E-state index in [0.29, 0.717) is 36.1 Å². The Labute approximate surface area is 177 Å². The number of nitrogens with zero attached hydrogens (tertiary/aromatic N) is 3. The van der Waals surface area contributed by atoms with Crippen LogP contribution in [0.4, 0.5) is 4.79 Å². The van der Waals surface area contributed by atoms with Crippen LogP contribution in [0.3, 0.4) is 0 Å². The van der Waals surface area contributed by atoms with E-state index in [9.17, 15) is 14.7 Å². The first kappa shape index (κ1) is 21.8. The summed E-state index contributed by atoms with van der Waals surface area (Å²) in [6, 6.07) is 3.85. The van der Waals surface area contributed by atoms with Crippen molar-refractivity contribution in [3.8, 4) is 0 Å². The van der Waals surface area contributed by atoms with E-state index in [1.54, 1.807) is 23.2 Å². The second-order valence-corrected chi connectivity index (χ2v) is 8.43. The summed E-state index contributed by atoms with van der Waals surface area (Å²) in [7, 11) is 1.41. The molecule has 8 heteroatoms. The topological polar surface area (TPSA) is 83.0 Å². The number of pyridine rings is 1. The van der Waals surface area contributed by atoms with E-state index >= 15 is 0 Å². The zero-order chi connectivity index (χ0) is 21.0. The van der Waals surface area contributed by atoms with Crippen LogP contribution in [0, 0.1) is 0 Å². The van der Waals surface area contributed by atoms with Gasteiger partial charge in [0.25, 0.3) is 0 Å². The van der Waals surface area contributed by atoms with Crippen molar-refractivity contribution in [2.45, 2.75) is 62.9 Å². The average Bonchev–Trinajstić information content (AvgIpc) is 2.96. The van der Waals surface area contributed by atoms with Crippen molar-refractivity contribution < 1.29 is 19.4 Å². The molecule has 0 bridgehead atoms. The number of halogens is 1. The highest BCUT2D eigenvalue weighted by Crippen LogP contribution is 2.43. The van der Waals surface area contributed by atoms with E-state index in [-0.39, 0.29) is 12.0 Å². The van der Waals surface area contributed by atoms with Gasteiger partial charge in [-0.1, -0.05) is 18.5 Å². The minimum atomic E-state index is -0.836. The summed E-state index contributed by atoms with van der Waals surface area (Å²) in [5.41, 5.74) is -0.210. The number of ether oxygens (including phenoxy) is 1. The minimum Gasteiger partial charge on any atom is -0.468 e. The third kappa shape index (κ3) is 4.36. The summed E-state index contributed by atoms with van der Waals surface area (Å²) >= 11 is 6.40. The van der Waals surface area contributed by atoms with Crippen LogP contribution in [-0.2, 0) is 14.9 Å². The lowest BCUT2D eigenvalue weighted by molar-refractivity contribution is -0.149. The minimum absolute atomic E-state index is 0.00697. The molecule has 1 aromatic heterocycles. The first-order valence-electron chi connectivity index (χ1n) is 10.4. The third-order valence-corrected chi connectivity index (χ3v) is 6.87. The number of aromatic nitrogens is 1. The molecule has 2 fully saturated rings. The molecule has 160 valence electrons. The van der Waals surface area contributed by atoms with Crippen molar-refractivity contribution in [3.63, 3.8) is 0 Å². The van der Waals surface area contributed by atoms with Crippen LogP contribution in [0.2, 0.25) is 5.02 Å². The number of hydrogen-bond acceptors (Lipinski definition) is 5. The fraction of sp³-hybridized carbons (Fsp3) is 0.667. The number of carbonyl (C=O) groups excluding carboxylic acids is 1. The van der Waals surface area contributed by atoms with E-state index < -0.39 is 11.5 Å². The molecule has 7 nitrogen and oxygen atoms in total. The lowest BCUT2D eigenvalue weighted by Gasteiger charge is -2.42. The first-order valence-corrected chi connectivity index (χ1v) is 10.7. The summed E-state index contributed by atoms with van der Waals surface area (Å²) < 4.78 is 5.15. The molecular weight excluding hydrogens is 394 g/mol. The Bertz CT molecular complexity index is 736. The Balaban J connectivity index is 1.76. The number of hydrogen-bond donors (Lipinski definition) is 1. The molecule has 1 aliphatic carbocycles. The maximum atomic E-state index is 12.8. The lowest BCUT2D eigenvalue weighted by Crippen LogP contribution is -2.49. The van der Waals surface area contributed by atoms with Gasteiger partial charge >= 0.3 is 12.1 Å². The molecule has 1 saturated carbocycles. The molecule has 29 heavy (non-hydrogen) atoms. The predicted molar refractivity (Wildman–Crippen MR) is 110 cm³/mol. The Kier molecular flexibility index (Phi) is 7.01. The highest BCUT2D eigenvalue weighted by atomic mass is 35.5. The van der Waals surface area contributed by atoms with Gasteiger partial charge in [0.2, 0.25) is 0 Å². The summed E-state index contributed by atoms with van der Waals surface area (Å²) in [6.07, 6.45) is 5.35. The Morgan fingerprint density at radius 1 is 1.34 bits per heavy atom. The van der Waals surface area contributed by atoms with E-state index in [0.717, 1.165) is 38.8 Å². The number of carbonyl (C=O) groups is 2. The summed E-state index contributed by atoms with van der Waals surface area (Å²) in [4.78, 5) is 32.8. The summed E-state index contributed by atoms with van der Waals surface area (Å²) in [6.45, 7) is 4.23. The van der Waals surface area contributed by atoms with Crippen LogP contribution < -0.4 is 0 Å². The Morgan fingerprint density at radius 2 is 2.07 bits per heavy atom. The molecule has 1 unspecified atom stereocenters. The number of rotatable bonds is 4. The normalized spacial score (nSPS) is 28.6. The van der Waals surface area contributed by atoms with Gasteiger partial charge in [-0.2, -0.15) is 0 Å². The van der Waals surface area contributed by atoms with Gasteiger partial charge in [-0.3, -0.25) is 14.7 Å². The van der Waals surface area contributed by atoms with E-state index in [1.807, 2.05) is 6.92 Å². The molecule has 1 amide bonds. The summed E-state index contributed by atoms with van der Waals surface area (Å²) in [5.74, 6) is -0.282. The molecule has 0 aromatic carbocycles. The monoisotopic (exact) mass is 423 g/mol.